The predicted molar refractivity (Wildman–Crippen MR) is 62.7 cm³/mol. The molecular weight excluding hydrogens is 225 g/mol. The average molecular weight is 240 g/mol. The Morgan fingerprint density at radius 1 is 1.24 bits per heavy atom. The maximum atomic E-state index is 12.4. The van der Waals surface area contributed by atoms with E-state index in [2.05, 4.69) is 5.73 Å². The highest BCUT2D eigenvalue weighted by molar-refractivity contribution is 5.15. The third kappa shape index (κ3) is 4.92. The van der Waals surface area contributed by atoms with Gasteiger partial charge < -0.3 is 0 Å². The van der Waals surface area contributed by atoms with E-state index in [4.69, 9.17) is 0 Å². The summed E-state index contributed by atoms with van der Waals surface area (Å²) < 4.78 is 37.1. The summed E-state index contributed by atoms with van der Waals surface area (Å²) in [6, 6.07) is 9.67. The zero-order chi connectivity index (χ0) is 12.7. The van der Waals surface area contributed by atoms with Gasteiger partial charge in [0.05, 0.1) is 5.57 Å². The monoisotopic (exact) mass is 240 g/mol. The topological polar surface area (TPSA) is 0 Å². The quantitative estimate of drug-likeness (QED) is 0.671. The fourth-order valence-electron chi connectivity index (χ4n) is 1.46. The molecule has 0 atom stereocenters. The Bertz CT molecular complexity index is 395. The van der Waals surface area contributed by atoms with E-state index in [1.807, 2.05) is 30.3 Å². The van der Waals surface area contributed by atoms with E-state index in [1.54, 1.807) is 0 Å². The van der Waals surface area contributed by atoms with Crippen molar-refractivity contribution >= 4 is 0 Å². The van der Waals surface area contributed by atoms with E-state index in [-0.39, 0.29) is 6.42 Å². The molecule has 0 saturated carbocycles. The van der Waals surface area contributed by atoms with Crippen LogP contribution in [0.2, 0.25) is 0 Å². The highest BCUT2D eigenvalue weighted by atomic mass is 19.4. The van der Waals surface area contributed by atoms with Crippen LogP contribution in [0.1, 0.15) is 25.3 Å². The standard InChI is InChI=1S/C14H15F3/c1-2-13(14(15,16)17)11-7-6-10-12-8-4-3-5-9-12/h3-5,7-9H,2,6,10H2,1H3. The summed E-state index contributed by atoms with van der Waals surface area (Å²) in [5.74, 6) is 0. The van der Waals surface area contributed by atoms with Gasteiger partial charge in [-0.15, -0.1) is 5.73 Å². The molecule has 0 nitrogen and oxygen atoms in total. The van der Waals surface area contributed by atoms with Crippen molar-refractivity contribution in [2.24, 2.45) is 0 Å². The zero-order valence-corrected chi connectivity index (χ0v) is 9.72. The van der Waals surface area contributed by atoms with E-state index < -0.39 is 11.7 Å². The van der Waals surface area contributed by atoms with Gasteiger partial charge in [0.15, 0.2) is 0 Å². The molecule has 0 fully saturated rings. The first-order chi connectivity index (χ1) is 8.04. The Morgan fingerprint density at radius 3 is 2.41 bits per heavy atom. The van der Waals surface area contributed by atoms with Gasteiger partial charge in [-0.25, -0.2) is 0 Å². The minimum Gasteiger partial charge on any atom is -0.166 e. The molecule has 0 aliphatic heterocycles. The van der Waals surface area contributed by atoms with Gasteiger partial charge in [0.1, 0.15) is 0 Å². The van der Waals surface area contributed by atoms with Crippen molar-refractivity contribution in [3.05, 3.63) is 53.3 Å². The largest absolute Gasteiger partial charge is 0.419 e. The maximum absolute atomic E-state index is 12.4. The highest BCUT2D eigenvalue weighted by Gasteiger charge is 2.31. The zero-order valence-electron chi connectivity index (χ0n) is 9.72. The van der Waals surface area contributed by atoms with Crippen molar-refractivity contribution in [3.8, 4) is 0 Å². The molecule has 0 aromatic heterocycles. The number of rotatable bonds is 4. The molecule has 0 unspecified atom stereocenters. The van der Waals surface area contributed by atoms with Crippen LogP contribution in [0.25, 0.3) is 0 Å². The summed E-state index contributed by atoms with van der Waals surface area (Å²) in [5, 5.41) is 0. The second-order valence-electron chi connectivity index (χ2n) is 3.70. The van der Waals surface area contributed by atoms with Crippen molar-refractivity contribution in [1.82, 2.24) is 0 Å². The van der Waals surface area contributed by atoms with Crippen LogP contribution in [0.5, 0.6) is 0 Å². The van der Waals surface area contributed by atoms with E-state index >= 15 is 0 Å². The van der Waals surface area contributed by atoms with Crippen LogP contribution in [-0.4, -0.2) is 6.18 Å². The predicted octanol–water partition coefficient (Wildman–Crippen LogP) is 4.67. The van der Waals surface area contributed by atoms with E-state index in [1.165, 1.54) is 13.0 Å². The first-order valence-corrected chi connectivity index (χ1v) is 5.59. The van der Waals surface area contributed by atoms with Gasteiger partial charge >= 0.3 is 6.18 Å². The molecule has 3 heteroatoms. The number of hydrogen-bond acceptors (Lipinski definition) is 0. The summed E-state index contributed by atoms with van der Waals surface area (Å²) >= 11 is 0. The molecule has 0 bridgehead atoms. The number of benzene rings is 1. The molecule has 0 N–H and O–H groups in total. The second kappa shape index (κ2) is 6.31. The molecule has 1 rings (SSSR count). The second-order valence-corrected chi connectivity index (χ2v) is 3.70. The smallest absolute Gasteiger partial charge is 0.166 e. The first-order valence-electron chi connectivity index (χ1n) is 5.59. The molecule has 0 saturated heterocycles. The Labute approximate surface area is 99.5 Å². The molecule has 1 aromatic rings. The average Bonchev–Trinajstić information content (AvgIpc) is 2.28. The normalized spacial score (nSPS) is 10.8. The molecule has 0 spiro atoms. The highest BCUT2D eigenvalue weighted by Crippen LogP contribution is 2.26. The molecule has 0 radical (unpaired) electrons. The van der Waals surface area contributed by atoms with Gasteiger partial charge in [-0.1, -0.05) is 37.3 Å². The maximum Gasteiger partial charge on any atom is 0.419 e. The van der Waals surface area contributed by atoms with Crippen LogP contribution >= 0.6 is 0 Å². The number of allylic oxidation sites excluding steroid dienone is 1. The number of aryl methyl sites for hydroxylation is 1. The third-order valence-corrected chi connectivity index (χ3v) is 2.39. The summed E-state index contributed by atoms with van der Waals surface area (Å²) in [7, 11) is 0. The van der Waals surface area contributed by atoms with Crippen LogP contribution in [0.3, 0.4) is 0 Å². The molecular formula is C14H15F3. The fourth-order valence-corrected chi connectivity index (χ4v) is 1.46. The van der Waals surface area contributed by atoms with Gasteiger partial charge in [0, 0.05) is 0 Å². The molecule has 0 amide bonds. The molecule has 0 aliphatic carbocycles. The lowest BCUT2D eigenvalue weighted by atomic mass is 10.1. The van der Waals surface area contributed by atoms with Crippen LogP contribution in [0, 0.1) is 0 Å². The minimum atomic E-state index is -4.25. The summed E-state index contributed by atoms with van der Waals surface area (Å²) in [4.78, 5) is 0. The molecule has 0 aliphatic rings. The van der Waals surface area contributed by atoms with Crippen LogP contribution in [0.4, 0.5) is 13.2 Å². The van der Waals surface area contributed by atoms with Gasteiger partial charge in [0.25, 0.3) is 0 Å². The molecule has 1 aromatic carbocycles. The van der Waals surface area contributed by atoms with Gasteiger partial charge in [-0.2, -0.15) is 13.2 Å². The van der Waals surface area contributed by atoms with Crippen molar-refractivity contribution in [3.63, 3.8) is 0 Å². The van der Waals surface area contributed by atoms with Crippen LogP contribution in [0.15, 0.2) is 47.7 Å². The summed E-state index contributed by atoms with van der Waals surface area (Å²) in [5.41, 5.74) is 2.88. The van der Waals surface area contributed by atoms with Crippen molar-refractivity contribution in [1.29, 1.82) is 0 Å². The Hall–Kier alpha value is -1.47. The number of alkyl halides is 3. The fraction of sp³-hybridized carbons (Fsp3) is 0.357. The summed E-state index contributed by atoms with van der Waals surface area (Å²) in [6.07, 6.45) is -1.51. The van der Waals surface area contributed by atoms with Crippen molar-refractivity contribution in [2.75, 3.05) is 0 Å². The van der Waals surface area contributed by atoms with Gasteiger partial charge in [-0.3, -0.25) is 0 Å². The van der Waals surface area contributed by atoms with Gasteiger partial charge in [-0.05, 0) is 30.9 Å². The van der Waals surface area contributed by atoms with Gasteiger partial charge in [0.2, 0.25) is 0 Å². The van der Waals surface area contributed by atoms with E-state index in [9.17, 15) is 13.2 Å². The molecule has 17 heavy (non-hydrogen) atoms. The van der Waals surface area contributed by atoms with Crippen molar-refractivity contribution in [2.45, 2.75) is 32.4 Å². The molecule has 92 valence electrons. The Balaban J connectivity index is 2.58. The third-order valence-electron chi connectivity index (χ3n) is 2.39. The lowest BCUT2D eigenvalue weighted by molar-refractivity contribution is -0.0933. The first kappa shape index (κ1) is 13.6. The van der Waals surface area contributed by atoms with E-state index in [0.29, 0.717) is 6.42 Å². The number of halogens is 3. The Morgan fingerprint density at radius 2 is 1.88 bits per heavy atom. The van der Waals surface area contributed by atoms with Crippen molar-refractivity contribution < 1.29 is 13.2 Å². The van der Waals surface area contributed by atoms with Crippen LogP contribution < -0.4 is 0 Å². The van der Waals surface area contributed by atoms with Crippen LogP contribution in [-0.2, 0) is 6.42 Å². The Kier molecular flexibility index (Phi) is 5.05. The SMILES string of the molecule is CCC(=C=CCCc1ccccc1)C(F)(F)F. The summed E-state index contributed by atoms with van der Waals surface area (Å²) in [6.45, 7) is 1.49. The number of hydrogen-bond donors (Lipinski definition) is 0. The molecule has 0 heterocycles. The lowest BCUT2D eigenvalue weighted by Crippen LogP contribution is -2.09. The lowest BCUT2D eigenvalue weighted by Gasteiger charge is -2.05. The minimum absolute atomic E-state index is 0.0364. The van der Waals surface area contributed by atoms with E-state index in [0.717, 1.165) is 12.0 Å².